The predicted molar refractivity (Wildman–Crippen MR) is 110 cm³/mol. The molecule has 154 valence electrons. The summed E-state index contributed by atoms with van der Waals surface area (Å²) in [5.74, 6) is 0.790. The van der Waals surface area contributed by atoms with Crippen LogP contribution in [0.15, 0.2) is 30.9 Å². The van der Waals surface area contributed by atoms with Crippen LogP contribution in [0.1, 0.15) is 32.8 Å². The van der Waals surface area contributed by atoms with E-state index < -0.39 is 0 Å². The molecule has 1 aromatic heterocycles. The highest BCUT2D eigenvalue weighted by molar-refractivity contribution is 6.31. The van der Waals surface area contributed by atoms with Crippen LogP contribution in [-0.4, -0.2) is 41.3 Å². The summed E-state index contributed by atoms with van der Waals surface area (Å²) in [7, 11) is 1.56. The van der Waals surface area contributed by atoms with Gasteiger partial charge in [-0.2, -0.15) is 0 Å². The Labute approximate surface area is 171 Å². The Hall–Kier alpha value is -2.25. The largest absolute Gasteiger partial charge is 0.493 e. The van der Waals surface area contributed by atoms with Crippen molar-refractivity contribution in [2.45, 2.75) is 45.8 Å². The predicted octanol–water partition coefficient (Wildman–Crippen LogP) is 3.02. The Morgan fingerprint density at radius 1 is 1.29 bits per heavy atom. The Bertz CT molecular complexity index is 758. The summed E-state index contributed by atoms with van der Waals surface area (Å²) in [6, 6.07) is 3.52. The number of carbonyl (C=O) groups excluding carboxylic acids is 1. The van der Waals surface area contributed by atoms with Crippen molar-refractivity contribution in [2.75, 3.05) is 20.3 Å². The molecule has 0 aliphatic carbocycles. The Morgan fingerprint density at radius 2 is 2.07 bits per heavy atom. The summed E-state index contributed by atoms with van der Waals surface area (Å²) in [5.41, 5.74) is 0.600. The number of rotatable bonds is 10. The van der Waals surface area contributed by atoms with Crippen molar-refractivity contribution in [3.8, 4) is 11.5 Å². The van der Waals surface area contributed by atoms with Gasteiger partial charge in [-0.3, -0.25) is 4.79 Å². The highest BCUT2D eigenvalue weighted by Gasteiger charge is 2.16. The number of aryl methyl sites for hydroxylation is 1. The molecule has 8 heteroatoms. The highest BCUT2D eigenvalue weighted by Crippen LogP contribution is 2.33. The molecule has 2 N–H and O–H groups in total. The minimum Gasteiger partial charge on any atom is -0.493 e. The summed E-state index contributed by atoms with van der Waals surface area (Å²) in [5, 5.41) is 6.79. The highest BCUT2D eigenvalue weighted by atomic mass is 35.5. The van der Waals surface area contributed by atoms with Crippen molar-refractivity contribution in [1.82, 2.24) is 20.2 Å². The van der Waals surface area contributed by atoms with Crippen molar-refractivity contribution in [1.29, 1.82) is 0 Å². The molecular weight excluding hydrogens is 380 g/mol. The summed E-state index contributed by atoms with van der Waals surface area (Å²) in [6.45, 7) is 8.02. The molecule has 0 saturated carbocycles. The van der Waals surface area contributed by atoms with E-state index in [1.165, 1.54) is 0 Å². The second kappa shape index (κ2) is 10.3. The summed E-state index contributed by atoms with van der Waals surface area (Å²) < 4.78 is 13.0. The van der Waals surface area contributed by atoms with E-state index in [-0.39, 0.29) is 18.1 Å². The minimum absolute atomic E-state index is 0.101. The number of ether oxygens (including phenoxy) is 2. The number of amides is 1. The van der Waals surface area contributed by atoms with E-state index in [1.807, 2.05) is 43.9 Å². The molecule has 0 radical (unpaired) electrons. The first-order valence-electron chi connectivity index (χ1n) is 9.25. The monoisotopic (exact) mass is 408 g/mol. The van der Waals surface area contributed by atoms with Gasteiger partial charge in [0.05, 0.1) is 13.4 Å². The molecule has 1 amide bonds. The van der Waals surface area contributed by atoms with Gasteiger partial charge in [0.25, 0.3) is 5.91 Å². The average Bonchev–Trinajstić information content (AvgIpc) is 3.13. The molecule has 0 bridgehead atoms. The van der Waals surface area contributed by atoms with Gasteiger partial charge >= 0.3 is 0 Å². The zero-order valence-corrected chi connectivity index (χ0v) is 17.7. The van der Waals surface area contributed by atoms with E-state index >= 15 is 0 Å². The maximum absolute atomic E-state index is 11.9. The SMILES string of the molecule is COc1cc(CNCCCn2ccnc2)c(Cl)cc1OCC(=O)NC(C)(C)C. The fourth-order valence-electron chi connectivity index (χ4n) is 2.61. The van der Waals surface area contributed by atoms with E-state index in [0.29, 0.717) is 23.1 Å². The molecule has 28 heavy (non-hydrogen) atoms. The number of carbonyl (C=O) groups is 1. The van der Waals surface area contributed by atoms with E-state index in [9.17, 15) is 4.79 Å². The van der Waals surface area contributed by atoms with Crippen LogP contribution >= 0.6 is 11.6 Å². The number of nitrogens with zero attached hydrogens (tertiary/aromatic N) is 2. The Kier molecular flexibility index (Phi) is 8.14. The third-order valence-corrected chi connectivity index (χ3v) is 4.20. The molecule has 0 spiro atoms. The number of imidazole rings is 1. The van der Waals surface area contributed by atoms with Gasteiger partial charge in [0.2, 0.25) is 0 Å². The van der Waals surface area contributed by atoms with Crippen molar-refractivity contribution in [2.24, 2.45) is 0 Å². The molecule has 7 nitrogen and oxygen atoms in total. The van der Waals surface area contributed by atoms with Gasteiger partial charge in [-0.25, -0.2) is 4.98 Å². The lowest BCUT2D eigenvalue weighted by Gasteiger charge is -2.21. The zero-order chi connectivity index (χ0) is 20.6. The van der Waals surface area contributed by atoms with Gasteiger partial charge in [0.1, 0.15) is 0 Å². The molecule has 0 fully saturated rings. The zero-order valence-electron chi connectivity index (χ0n) is 16.9. The molecule has 1 aromatic carbocycles. The first kappa shape index (κ1) is 22.0. The normalized spacial score (nSPS) is 11.3. The van der Waals surface area contributed by atoms with Crippen LogP contribution in [0.5, 0.6) is 11.5 Å². The molecule has 0 aliphatic heterocycles. The lowest BCUT2D eigenvalue weighted by molar-refractivity contribution is -0.124. The number of aromatic nitrogens is 2. The van der Waals surface area contributed by atoms with Crippen LogP contribution in [0.4, 0.5) is 0 Å². The Balaban J connectivity index is 1.86. The maximum atomic E-state index is 11.9. The molecule has 0 aliphatic rings. The van der Waals surface area contributed by atoms with E-state index in [0.717, 1.165) is 25.1 Å². The van der Waals surface area contributed by atoms with Gasteiger partial charge in [0.15, 0.2) is 18.1 Å². The Morgan fingerprint density at radius 3 is 2.71 bits per heavy atom. The fourth-order valence-corrected chi connectivity index (χ4v) is 2.83. The van der Waals surface area contributed by atoms with Crippen LogP contribution in [0.25, 0.3) is 0 Å². The van der Waals surface area contributed by atoms with Crippen molar-refractivity contribution >= 4 is 17.5 Å². The lowest BCUT2D eigenvalue weighted by Crippen LogP contribution is -2.43. The topological polar surface area (TPSA) is 77.4 Å². The number of benzene rings is 1. The smallest absolute Gasteiger partial charge is 0.258 e. The fraction of sp³-hybridized carbons (Fsp3) is 0.500. The summed E-state index contributed by atoms with van der Waals surface area (Å²) in [4.78, 5) is 16.0. The number of halogens is 1. The molecule has 2 aromatic rings. The van der Waals surface area contributed by atoms with Gasteiger partial charge in [0, 0.05) is 42.1 Å². The third-order valence-electron chi connectivity index (χ3n) is 3.85. The van der Waals surface area contributed by atoms with Crippen LogP contribution in [0.3, 0.4) is 0 Å². The maximum Gasteiger partial charge on any atom is 0.258 e. The van der Waals surface area contributed by atoms with Crippen LogP contribution in [0.2, 0.25) is 5.02 Å². The van der Waals surface area contributed by atoms with Crippen molar-refractivity contribution < 1.29 is 14.3 Å². The van der Waals surface area contributed by atoms with Crippen LogP contribution < -0.4 is 20.1 Å². The number of hydrogen-bond acceptors (Lipinski definition) is 5. The molecule has 2 rings (SSSR count). The quantitative estimate of drug-likeness (QED) is 0.591. The summed E-state index contributed by atoms with van der Waals surface area (Å²) in [6.07, 6.45) is 6.51. The molecule has 0 unspecified atom stereocenters. The number of methoxy groups -OCH3 is 1. The number of hydrogen-bond donors (Lipinski definition) is 2. The van der Waals surface area contributed by atoms with Gasteiger partial charge in [-0.05, 0) is 45.4 Å². The van der Waals surface area contributed by atoms with Crippen molar-refractivity contribution in [3.63, 3.8) is 0 Å². The summed E-state index contributed by atoms with van der Waals surface area (Å²) >= 11 is 6.39. The van der Waals surface area contributed by atoms with E-state index in [2.05, 4.69) is 15.6 Å². The van der Waals surface area contributed by atoms with E-state index in [4.69, 9.17) is 21.1 Å². The van der Waals surface area contributed by atoms with Gasteiger partial charge in [-0.1, -0.05) is 11.6 Å². The second-order valence-corrected chi connectivity index (χ2v) is 7.92. The van der Waals surface area contributed by atoms with Gasteiger partial charge in [-0.15, -0.1) is 0 Å². The molecule has 0 atom stereocenters. The molecular formula is C20H29ClN4O3. The lowest BCUT2D eigenvalue weighted by atomic mass is 10.1. The second-order valence-electron chi connectivity index (χ2n) is 7.51. The number of nitrogens with one attached hydrogen (secondary N) is 2. The van der Waals surface area contributed by atoms with Crippen LogP contribution in [0, 0.1) is 0 Å². The van der Waals surface area contributed by atoms with Crippen LogP contribution in [-0.2, 0) is 17.9 Å². The van der Waals surface area contributed by atoms with E-state index in [1.54, 1.807) is 19.4 Å². The van der Waals surface area contributed by atoms with Gasteiger partial charge < -0.3 is 24.7 Å². The molecule has 1 heterocycles. The first-order valence-corrected chi connectivity index (χ1v) is 9.63. The average molecular weight is 409 g/mol. The third kappa shape index (κ3) is 7.40. The minimum atomic E-state index is -0.310. The standard InChI is InChI=1S/C20H29ClN4O3/c1-20(2,3)24-19(26)13-28-18-11-16(21)15(10-17(18)27-4)12-22-6-5-8-25-9-7-23-14-25/h7,9-11,14,22H,5-6,8,12-13H2,1-4H3,(H,24,26). The van der Waals surface area contributed by atoms with Crippen molar-refractivity contribution in [3.05, 3.63) is 41.4 Å². The first-order chi connectivity index (χ1) is 13.3. The molecule has 0 saturated heterocycles.